The number of urea groups is 1. The number of rotatable bonds is 5. The third-order valence-corrected chi connectivity index (χ3v) is 6.18. The molecule has 2 N–H and O–H groups in total. The Morgan fingerprint density at radius 3 is 2.61 bits per heavy atom. The van der Waals surface area contributed by atoms with E-state index in [1.807, 2.05) is 42.8 Å². The van der Waals surface area contributed by atoms with Crippen LogP contribution in [0.2, 0.25) is 0 Å². The monoisotopic (exact) mass is 401 g/mol. The molecule has 0 bridgehead atoms. The van der Waals surface area contributed by atoms with Gasteiger partial charge in [0.2, 0.25) is 5.91 Å². The van der Waals surface area contributed by atoms with Gasteiger partial charge < -0.3 is 9.88 Å². The third-order valence-electron chi connectivity index (χ3n) is 5.05. The number of hydrogen-bond acceptors (Lipinski definition) is 5. The Bertz CT molecular complexity index is 845. The molecule has 1 heterocycles. The van der Waals surface area contributed by atoms with E-state index >= 15 is 0 Å². The zero-order valence-corrected chi connectivity index (χ0v) is 17.4. The molecule has 2 aromatic rings. The topological polar surface area (TPSA) is 88.9 Å². The molecule has 1 atom stereocenters. The quantitative estimate of drug-likeness (QED) is 0.750. The smallest absolute Gasteiger partial charge is 0.321 e. The second-order valence-corrected chi connectivity index (χ2v) is 8.55. The number of nitrogens with zero attached hydrogens (tertiary/aromatic N) is 3. The molecule has 8 heteroatoms. The minimum absolute atomic E-state index is 0.167. The fraction of sp³-hybridized carbons (Fsp3) is 0.500. The normalized spacial score (nSPS) is 15.8. The van der Waals surface area contributed by atoms with Crippen molar-refractivity contribution in [3.8, 4) is 11.4 Å². The Labute approximate surface area is 169 Å². The summed E-state index contributed by atoms with van der Waals surface area (Å²) in [5, 5.41) is 14.0. The molecular formula is C20H27N5O2S. The predicted octanol–water partition coefficient (Wildman–Crippen LogP) is 3.43. The Hall–Kier alpha value is -2.35. The van der Waals surface area contributed by atoms with Crippen molar-refractivity contribution in [3.63, 3.8) is 0 Å². The summed E-state index contributed by atoms with van der Waals surface area (Å²) in [4.78, 5) is 24.5. The number of carbonyl (C=O) groups excluding carboxylic acids is 2. The third kappa shape index (κ3) is 4.92. The standard InChI is InChI=1S/C20H27N5O2S/c1-13-9-7-8-12-16(13)17-23-24-20(25(17)3)28-14(2)18(26)22-19(27)21-15-10-5-4-6-11-15/h7-9,12,14-15H,4-6,10-11H2,1-3H3,(H2,21,22,26,27). The summed E-state index contributed by atoms with van der Waals surface area (Å²) in [7, 11) is 1.88. The van der Waals surface area contributed by atoms with E-state index < -0.39 is 11.3 Å². The lowest BCUT2D eigenvalue weighted by atomic mass is 9.96. The van der Waals surface area contributed by atoms with Crippen LogP contribution >= 0.6 is 11.8 Å². The Morgan fingerprint density at radius 2 is 1.89 bits per heavy atom. The van der Waals surface area contributed by atoms with Crippen molar-refractivity contribution < 1.29 is 9.59 Å². The van der Waals surface area contributed by atoms with E-state index in [4.69, 9.17) is 0 Å². The zero-order chi connectivity index (χ0) is 20.1. The molecule has 1 saturated carbocycles. The van der Waals surface area contributed by atoms with Gasteiger partial charge in [0, 0.05) is 18.7 Å². The van der Waals surface area contributed by atoms with E-state index in [2.05, 4.69) is 20.8 Å². The summed E-state index contributed by atoms with van der Waals surface area (Å²) in [6, 6.07) is 7.72. The first-order valence-electron chi connectivity index (χ1n) is 9.69. The predicted molar refractivity (Wildman–Crippen MR) is 110 cm³/mol. The minimum Gasteiger partial charge on any atom is -0.335 e. The number of aryl methyl sites for hydroxylation is 1. The first kappa shape index (κ1) is 20.4. The molecule has 1 aliphatic carbocycles. The van der Waals surface area contributed by atoms with Crippen molar-refractivity contribution in [3.05, 3.63) is 29.8 Å². The average molecular weight is 402 g/mol. The number of amides is 3. The van der Waals surface area contributed by atoms with Crippen molar-refractivity contribution in [2.24, 2.45) is 7.05 Å². The Balaban J connectivity index is 1.58. The number of benzene rings is 1. The van der Waals surface area contributed by atoms with Gasteiger partial charge in [-0.25, -0.2) is 4.79 Å². The van der Waals surface area contributed by atoms with Crippen LogP contribution in [0, 0.1) is 6.92 Å². The van der Waals surface area contributed by atoms with Crippen molar-refractivity contribution in [1.29, 1.82) is 0 Å². The van der Waals surface area contributed by atoms with Gasteiger partial charge in [0.15, 0.2) is 11.0 Å². The molecule has 1 aliphatic rings. The first-order chi connectivity index (χ1) is 13.5. The summed E-state index contributed by atoms with van der Waals surface area (Å²) in [6.45, 7) is 3.79. The lowest BCUT2D eigenvalue weighted by Gasteiger charge is -2.23. The second-order valence-electron chi connectivity index (χ2n) is 7.24. The van der Waals surface area contributed by atoms with Crippen LogP contribution in [0.5, 0.6) is 0 Å². The van der Waals surface area contributed by atoms with E-state index in [0.29, 0.717) is 5.16 Å². The highest BCUT2D eigenvalue weighted by Crippen LogP contribution is 2.27. The summed E-state index contributed by atoms with van der Waals surface area (Å²) >= 11 is 1.29. The lowest BCUT2D eigenvalue weighted by Crippen LogP contribution is -2.47. The van der Waals surface area contributed by atoms with Crippen molar-refractivity contribution in [2.75, 3.05) is 0 Å². The van der Waals surface area contributed by atoms with E-state index in [1.165, 1.54) is 18.2 Å². The largest absolute Gasteiger partial charge is 0.335 e. The van der Waals surface area contributed by atoms with Crippen LogP contribution in [-0.2, 0) is 11.8 Å². The van der Waals surface area contributed by atoms with Crippen LogP contribution in [0.15, 0.2) is 29.4 Å². The molecule has 3 rings (SSSR count). The summed E-state index contributed by atoms with van der Waals surface area (Å²) in [5.41, 5.74) is 2.12. The molecule has 3 amide bonds. The van der Waals surface area contributed by atoms with Gasteiger partial charge in [-0.05, 0) is 32.3 Å². The molecule has 0 spiro atoms. The van der Waals surface area contributed by atoms with Gasteiger partial charge in [0.05, 0.1) is 5.25 Å². The van der Waals surface area contributed by atoms with Crippen LogP contribution in [0.25, 0.3) is 11.4 Å². The molecule has 1 fully saturated rings. The summed E-state index contributed by atoms with van der Waals surface area (Å²) in [5.74, 6) is 0.419. The maximum absolute atomic E-state index is 12.4. The highest BCUT2D eigenvalue weighted by Gasteiger charge is 2.23. The minimum atomic E-state index is -0.468. The average Bonchev–Trinajstić information content (AvgIpc) is 3.03. The van der Waals surface area contributed by atoms with E-state index in [-0.39, 0.29) is 11.9 Å². The van der Waals surface area contributed by atoms with Gasteiger partial charge in [-0.3, -0.25) is 10.1 Å². The highest BCUT2D eigenvalue weighted by atomic mass is 32.2. The molecule has 7 nitrogen and oxygen atoms in total. The number of hydrogen-bond donors (Lipinski definition) is 2. The highest BCUT2D eigenvalue weighted by molar-refractivity contribution is 8.00. The summed E-state index contributed by atoms with van der Waals surface area (Å²) < 4.78 is 1.87. The van der Waals surface area contributed by atoms with E-state index in [9.17, 15) is 9.59 Å². The molecule has 1 aromatic carbocycles. The molecule has 0 saturated heterocycles. The van der Waals surface area contributed by atoms with Gasteiger partial charge in [0.1, 0.15) is 0 Å². The number of aromatic nitrogens is 3. The molecule has 1 aromatic heterocycles. The molecule has 0 radical (unpaired) electrons. The number of nitrogens with one attached hydrogen (secondary N) is 2. The Morgan fingerprint density at radius 1 is 1.18 bits per heavy atom. The number of thioether (sulfide) groups is 1. The molecule has 1 unspecified atom stereocenters. The summed E-state index contributed by atoms with van der Waals surface area (Å²) in [6.07, 6.45) is 5.43. The fourth-order valence-corrected chi connectivity index (χ4v) is 4.18. The van der Waals surface area contributed by atoms with Gasteiger partial charge >= 0.3 is 6.03 Å². The zero-order valence-electron chi connectivity index (χ0n) is 16.6. The van der Waals surface area contributed by atoms with Crippen LogP contribution in [0.1, 0.15) is 44.6 Å². The van der Waals surface area contributed by atoms with Crippen molar-refractivity contribution >= 4 is 23.7 Å². The maximum Gasteiger partial charge on any atom is 0.321 e. The SMILES string of the molecule is Cc1ccccc1-c1nnc(SC(C)C(=O)NC(=O)NC2CCCCC2)n1C. The van der Waals surface area contributed by atoms with Crippen LogP contribution in [0.4, 0.5) is 4.79 Å². The number of imide groups is 1. The van der Waals surface area contributed by atoms with Gasteiger partial charge in [-0.15, -0.1) is 10.2 Å². The van der Waals surface area contributed by atoms with Crippen LogP contribution in [0.3, 0.4) is 0 Å². The molecular weight excluding hydrogens is 374 g/mol. The van der Waals surface area contributed by atoms with E-state index in [1.54, 1.807) is 6.92 Å². The Kier molecular flexibility index (Phi) is 6.72. The van der Waals surface area contributed by atoms with Crippen molar-refractivity contribution in [2.45, 2.75) is 62.4 Å². The van der Waals surface area contributed by atoms with Crippen LogP contribution in [-0.4, -0.2) is 38.0 Å². The molecule has 0 aliphatic heterocycles. The molecule has 150 valence electrons. The molecule has 28 heavy (non-hydrogen) atoms. The van der Waals surface area contributed by atoms with Crippen molar-refractivity contribution in [1.82, 2.24) is 25.4 Å². The first-order valence-corrected chi connectivity index (χ1v) is 10.6. The van der Waals surface area contributed by atoms with Gasteiger partial charge in [0.25, 0.3) is 0 Å². The second kappa shape index (κ2) is 9.23. The fourth-order valence-electron chi connectivity index (χ4n) is 3.37. The number of carbonyl (C=O) groups is 2. The maximum atomic E-state index is 12.4. The lowest BCUT2D eigenvalue weighted by molar-refractivity contribution is -0.119. The van der Waals surface area contributed by atoms with Crippen LogP contribution < -0.4 is 10.6 Å². The van der Waals surface area contributed by atoms with Gasteiger partial charge in [-0.1, -0.05) is 55.3 Å². The van der Waals surface area contributed by atoms with E-state index in [0.717, 1.165) is 42.6 Å². The van der Waals surface area contributed by atoms with Gasteiger partial charge in [-0.2, -0.15) is 0 Å².